The van der Waals surface area contributed by atoms with E-state index in [4.69, 9.17) is 23.4 Å². The molecule has 0 radical (unpaired) electrons. The van der Waals surface area contributed by atoms with Crippen LogP contribution in [0.25, 0.3) is 0 Å². The number of Topliss-reactive ketones (excluding diaryl/α,β-unsaturated/α-hetero) is 1. The number of hydrogen-bond donors (Lipinski definition) is 1. The van der Waals surface area contributed by atoms with Gasteiger partial charge >= 0.3 is 11.9 Å². The van der Waals surface area contributed by atoms with Crippen LogP contribution in [0.1, 0.15) is 45.8 Å². The fraction of sp³-hybridized carbons (Fsp3) is 0.667. The molecule has 3 saturated heterocycles. The Morgan fingerprint density at radius 1 is 1.19 bits per heavy atom. The Morgan fingerprint density at radius 3 is 2.61 bits per heavy atom. The number of carbonyl (C=O) groups excluding carboxylic acids is 3. The zero-order chi connectivity index (χ0) is 25.8. The molecule has 0 bridgehead atoms. The van der Waals surface area contributed by atoms with Gasteiger partial charge in [-0.05, 0) is 26.3 Å². The lowest BCUT2D eigenvalue weighted by Gasteiger charge is -2.64. The van der Waals surface area contributed by atoms with Crippen molar-refractivity contribution >= 4 is 17.7 Å². The summed E-state index contributed by atoms with van der Waals surface area (Å²) in [5.41, 5.74) is -2.88. The summed E-state index contributed by atoms with van der Waals surface area (Å²) in [6.45, 7) is 7.94. The number of rotatable bonds is 3. The molecule has 36 heavy (non-hydrogen) atoms. The fourth-order valence-corrected chi connectivity index (χ4v) is 8.76. The zero-order valence-corrected chi connectivity index (χ0v) is 21.1. The molecule has 3 aliphatic heterocycles. The van der Waals surface area contributed by atoms with Crippen LogP contribution in [0, 0.1) is 34.0 Å². The van der Waals surface area contributed by atoms with Crippen LogP contribution in [-0.2, 0) is 33.3 Å². The molecule has 9 heteroatoms. The normalized spacial score (nSPS) is 48.4. The summed E-state index contributed by atoms with van der Waals surface area (Å²) in [5.74, 6) is -2.84. The van der Waals surface area contributed by atoms with Gasteiger partial charge in [0, 0.05) is 45.6 Å². The van der Waals surface area contributed by atoms with Crippen molar-refractivity contribution in [3.05, 3.63) is 36.3 Å². The molecule has 9 nitrogen and oxygen atoms in total. The van der Waals surface area contributed by atoms with Crippen molar-refractivity contribution in [1.82, 2.24) is 0 Å². The molecule has 5 aliphatic rings. The van der Waals surface area contributed by atoms with Gasteiger partial charge in [-0.15, -0.1) is 0 Å². The summed E-state index contributed by atoms with van der Waals surface area (Å²) in [6, 6.07) is 1.69. The van der Waals surface area contributed by atoms with E-state index in [9.17, 15) is 19.5 Å². The third-order valence-electron chi connectivity index (χ3n) is 10.2. The minimum Gasteiger partial charge on any atom is -0.472 e. The number of aliphatic hydroxyl groups is 1. The molecule has 0 amide bonds. The van der Waals surface area contributed by atoms with Crippen molar-refractivity contribution in [1.29, 1.82) is 0 Å². The molecule has 4 heterocycles. The Kier molecular flexibility index (Phi) is 4.84. The fourth-order valence-electron chi connectivity index (χ4n) is 8.76. The number of ketones is 1. The van der Waals surface area contributed by atoms with Gasteiger partial charge in [-0.25, -0.2) is 9.59 Å². The second-order valence-electron chi connectivity index (χ2n) is 12.0. The smallest absolute Gasteiger partial charge is 0.336 e. The van der Waals surface area contributed by atoms with E-state index in [0.29, 0.717) is 12.0 Å². The van der Waals surface area contributed by atoms with Crippen LogP contribution in [-0.4, -0.2) is 60.5 Å². The number of carbonyl (C=O) groups is 3. The first-order chi connectivity index (χ1) is 16.9. The van der Waals surface area contributed by atoms with Gasteiger partial charge in [0.1, 0.15) is 12.2 Å². The molecule has 2 aliphatic carbocycles. The molecular formula is C27H32O9. The molecule has 1 N–H and O–H groups in total. The Morgan fingerprint density at radius 2 is 1.94 bits per heavy atom. The van der Waals surface area contributed by atoms with Crippen LogP contribution < -0.4 is 0 Å². The maximum Gasteiger partial charge on any atom is 0.336 e. The van der Waals surface area contributed by atoms with E-state index >= 15 is 0 Å². The Hall–Kier alpha value is -2.49. The Balaban J connectivity index is 1.57. The van der Waals surface area contributed by atoms with Crippen LogP contribution in [0.2, 0.25) is 0 Å². The molecule has 0 unspecified atom stereocenters. The predicted molar refractivity (Wildman–Crippen MR) is 122 cm³/mol. The standard InChI is InChI=1S/C27H32O9/c1-24(2)14-10-15-25(3)19(27(14,12-34-24)8-6-16(28)32-5)17(29)21(30)26(4)20(25)18(35-15)23(31)36-22(26)13-7-9-33-11-13/h6-9,11,14-15,18-22,30H,10,12H2,1-5H3/t14-,15-,18-,19+,20-,21+,22+,25-,26-,27-/m1/s1. The van der Waals surface area contributed by atoms with Crippen LogP contribution in [0.4, 0.5) is 0 Å². The third kappa shape index (κ3) is 2.63. The van der Waals surface area contributed by atoms with Crippen LogP contribution in [0.5, 0.6) is 0 Å². The second kappa shape index (κ2) is 7.30. The first-order valence-electron chi connectivity index (χ1n) is 12.4. The average molecular weight is 501 g/mol. The molecule has 1 aromatic heterocycles. The van der Waals surface area contributed by atoms with E-state index in [-0.39, 0.29) is 18.3 Å². The van der Waals surface area contributed by atoms with Gasteiger partial charge in [-0.3, -0.25) is 4.79 Å². The van der Waals surface area contributed by atoms with Crippen LogP contribution in [0.15, 0.2) is 35.2 Å². The molecule has 1 aromatic rings. The Labute approximate surface area is 209 Å². The summed E-state index contributed by atoms with van der Waals surface area (Å²) in [4.78, 5) is 39.9. The van der Waals surface area contributed by atoms with Gasteiger partial charge in [0.2, 0.25) is 0 Å². The SMILES string of the molecule is COC(=O)C=C[C@@]12COC(C)(C)[C@H]1C[C@H]1O[C@H]3C(=O)O[C@@H](c4ccoc4)[C@]4(C)[C@H]3[C@@]1(C)[C@@H]2C(=O)[C@@H]4O. The number of fused-ring (bicyclic) bond motifs is 2. The molecular weight excluding hydrogens is 468 g/mol. The summed E-state index contributed by atoms with van der Waals surface area (Å²) >= 11 is 0. The minimum absolute atomic E-state index is 0.199. The van der Waals surface area contributed by atoms with Gasteiger partial charge in [-0.2, -0.15) is 0 Å². The largest absolute Gasteiger partial charge is 0.472 e. The number of esters is 2. The van der Waals surface area contributed by atoms with Crippen molar-refractivity contribution in [2.45, 2.75) is 64.1 Å². The molecule has 5 fully saturated rings. The molecule has 0 spiro atoms. The van der Waals surface area contributed by atoms with E-state index in [1.807, 2.05) is 27.7 Å². The highest BCUT2D eigenvalue weighted by atomic mass is 16.6. The van der Waals surface area contributed by atoms with E-state index in [1.54, 1.807) is 12.1 Å². The summed E-state index contributed by atoms with van der Waals surface area (Å²) < 4.78 is 28.7. The zero-order valence-electron chi connectivity index (χ0n) is 21.1. The summed E-state index contributed by atoms with van der Waals surface area (Å²) in [7, 11) is 1.30. The number of aliphatic hydroxyl groups excluding tert-OH is 1. The van der Waals surface area contributed by atoms with Gasteiger partial charge in [0.05, 0.1) is 37.9 Å². The monoisotopic (exact) mass is 500 g/mol. The summed E-state index contributed by atoms with van der Waals surface area (Å²) in [6.07, 6.45) is 2.92. The molecule has 10 atom stereocenters. The van der Waals surface area contributed by atoms with Crippen molar-refractivity contribution in [2.75, 3.05) is 13.7 Å². The molecule has 0 aromatic carbocycles. The highest BCUT2D eigenvalue weighted by molar-refractivity contribution is 5.92. The van der Waals surface area contributed by atoms with Crippen LogP contribution in [0.3, 0.4) is 0 Å². The topological polar surface area (TPSA) is 122 Å². The number of cyclic esters (lactones) is 1. The van der Waals surface area contributed by atoms with Crippen molar-refractivity contribution in [3.63, 3.8) is 0 Å². The number of furan rings is 1. The lowest BCUT2D eigenvalue weighted by Crippen LogP contribution is -2.72. The first kappa shape index (κ1) is 23.9. The lowest BCUT2D eigenvalue weighted by atomic mass is 9.38. The average Bonchev–Trinajstić information content (AvgIpc) is 3.53. The highest BCUT2D eigenvalue weighted by Gasteiger charge is 2.81. The van der Waals surface area contributed by atoms with Crippen molar-refractivity contribution in [3.8, 4) is 0 Å². The molecule has 6 rings (SSSR count). The minimum atomic E-state index is -1.44. The van der Waals surface area contributed by atoms with Gasteiger partial charge in [0.15, 0.2) is 11.9 Å². The van der Waals surface area contributed by atoms with Gasteiger partial charge < -0.3 is 28.5 Å². The van der Waals surface area contributed by atoms with Gasteiger partial charge in [0.25, 0.3) is 0 Å². The van der Waals surface area contributed by atoms with Crippen LogP contribution >= 0.6 is 0 Å². The predicted octanol–water partition coefficient (Wildman–Crippen LogP) is 2.38. The van der Waals surface area contributed by atoms with Crippen molar-refractivity contribution in [2.24, 2.45) is 34.0 Å². The number of ether oxygens (including phenoxy) is 4. The van der Waals surface area contributed by atoms with E-state index in [0.717, 1.165) is 0 Å². The lowest BCUT2D eigenvalue weighted by molar-refractivity contribution is -0.233. The van der Waals surface area contributed by atoms with E-state index in [1.165, 1.54) is 25.7 Å². The highest BCUT2D eigenvalue weighted by Crippen LogP contribution is 2.74. The first-order valence-corrected chi connectivity index (χ1v) is 12.4. The number of methoxy groups -OCH3 is 1. The number of hydrogen-bond acceptors (Lipinski definition) is 9. The second-order valence-corrected chi connectivity index (χ2v) is 12.0. The van der Waals surface area contributed by atoms with E-state index < -0.39 is 70.0 Å². The van der Waals surface area contributed by atoms with Crippen molar-refractivity contribution < 1.29 is 42.9 Å². The summed E-state index contributed by atoms with van der Waals surface area (Å²) in [5, 5.41) is 11.8. The Bertz CT molecular complexity index is 1150. The van der Waals surface area contributed by atoms with E-state index in [2.05, 4.69) is 0 Å². The maximum atomic E-state index is 14.4. The third-order valence-corrected chi connectivity index (χ3v) is 10.2. The van der Waals surface area contributed by atoms with Gasteiger partial charge in [-0.1, -0.05) is 19.9 Å². The molecule has 194 valence electrons. The molecule has 2 saturated carbocycles. The maximum absolute atomic E-state index is 14.4. The quantitative estimate of drug-likeness (QED) is 0.492.